The van der Waals surface area contributed by atoms with E-state index in [4.69, 9.17) is 9.47 Å². The van der Waals surface area contributed by atoms with Crippen molar-refractivity contribution in [3.05, 3.63) is 40.8 Å². The smallest absolute Gasteiger partial charge is 0.268 e. The Bertz CT molecular complexity index is 964. The topological polar surface area (TPSA) is 85.7 Å². The summed E-state index contributed by atoms with van der Waals surface area (Å²) in [5.74, 6) is 2.04. The molecule has 1 amide bonds. The van der Waals surface area contributed by atoms with Gasteiger partial charge in [-0.25, -0.2) is 4.68 Å². The number of piperidine rings is 1. The maximum Gasteiger partial charge on any atom is 0.268 e. The van der Waals surface area contributed by atoms with Crippen LogP contribution in [0.1, 0.15) is 32.1 Å². The van der Waals surface area contributed by atoms with Gasteiger partial charge in [-0.2, -0.15) is 5.10 Å². The van der Waals surface area contributed by atoms with Crippen molar-refractivity contribution in [2.75, 3.05) is 37.5 Å². The van der Waals surface area contributed by atoms with Gasteiger partial charge in [0.15, 0.2) is 0 Å². The number of carbonyl (C=O) groups excluding carboxylic acids is 1. The molecule has 2 aliphatic rings. The van der Waals surface area contributed by atoms with Crippen molar-refractivity contribution in [2.24, 2.45) is 11.8 Å². The lowest BCUT2D eigenvalue weighted by atomic mass is 9.94. The van der Waals surface area contributed by atoms with Gasteiger partial charge in [-0.15, -0.1) is 0 Å². The third-order valence-electron chi connectivity index (χ3n) is 5.98. The van der Waals surface area contributed by atoms with Gasteiger partial charge in [0.05, 0.1) is 26.1 Å². The van der Waals surface area contributed by atoms with E-state index in [0.29, 0.717) is 29.5 Å². The van der Waals surface area contributed by atoms with Crippen molar-refractivity contribution in [3.63, 3.8) is 0 Å². The summed E-state index contributed by atoms with van der Waals surface area (Å²) < 4.78 is 12.1. The first-order valence-corrected chi connectivity index (χ1v) is 10.9. The molecular formula is C23H30N4O4. The van der Waals surface area contributed by atoms with E-state index in [-0.39, 0.29) is 17.4 Å². The molecule has 1 N–H and O–H groups in total. The molecule has 4 rings (SSSR count). The first kappa shape index (κ1) is 21.2. The summed E-state index contributed by atoms with van der Waals surface area (Å²) in [5, 5.41) is 7.32. The first-order valence-electron chi connectivity index (χ1n) is 10.9. The van der Waals surface area contributed by atoms with E-state index in [0.717, 1.165) is 38.2 Å². The Morgan fingerprint density at radius 1 is 1.10 bits per heavy atom. The van der Waals surface area contributed by atoms with E-state index in [1.165, 1.54) is 12.8 Å². The second kappa shape index (κ2) is 9.41. The molecule has 0 radical (unpaired) electrons. The molecule has 8 nitrogen and oxygen atoms in total. The van der Waals surface area contributed by atoms with E-state index >= 15 is 0 Å². The molecule has 2 aromatic rings. The van der Waals surface area contributed by atoms with Crippen LogP contribution >= 0.6 is 0 Å². The molecule has 31 heavy (non-hydrogen) atoms. The highest BCUT2D eigenvalue weighted by atomic mass is 16.5. The number of amides is 1. The summed E-state index contributed by atoms with van der Waals surface area (Å²) in [5.41, 5.74) is 1.45. The van der Waals surface area contributed by atoms with E-state index in [2.05, 4.69) is 15.3 Å². The van der Waals surface area contributed by atoms with Crippen LogP contribution < -0.4 is 25.2 Å². The molecule has 1 aromatic heterocycles. The van der Waals surface area contributed by atoms with Gasteiger partial charge in [-0.1, -0.05) is 0 Å². The van der Waals surface area contributed by atoms with Gasteiger partial charge in [-0.3, -0.25) is 9.59 Å². The molecular weight excluding hydrogens is 396 g/mol. The zero-order valence-electron chi connectivity index (χ0n) is 18.2. The molecule has 1 aliphatic carbocycles. The summed E-state index contributed by atoms with van der Waals surface area (Å²) >= 11 is 0. The third-order valence-corrected chi connectivity index (χ3v) is 5.98. The van der Waals surface area contributed by atoms with Gasteiger partial charge >= 0.3 is 0 Å². The number of anilines is 2. The average Bonchev–Trinajstić information content (AvgIpc) is 3.59. The number of hydrogen-bond donors (Lipinski definition) is 1. The Labute approximate surface area is 182 Å². The molecule has 1 atom stereocenters. The van der Waals surface area contributed by atoms with Crippen LogP contribution in [0.3, 0.4) is 0 Å². The third kappa shape index (κ3) is 5.57. The second-order valence-electron chi connectivity index (χ2n) is 8.49. The Kier molecular flexibility index (Phi) is 6.44. The fourth-order valence-electron chi connectivity index (χ4n) is 4.10. The van der Waals surface area contributed by atoms with E-state index < -0.39 is 0 Å². The van der Waals surface area contributed by atoms with Gasteiger partial charge < -0.3 is 19.7 Å². The van der Waals surface area contributed by atoms with Gasteiger partial charge in [0.25, 0.3) is 5.56 Å². The van der Waals surface area contributed by atoms with Crippen LogP contribution in [-0.4, -0.2) is 43.0 Å². The van der Waals surface area contributed by atoms with Crippen molar-refractivity contribution >= 4 is 17.3 Å². The highest BCUT2D eigenvalue weighted by Gasteiger charge is 2.25. The monoisotopic (exact) mass is 426 g/mol. The highest BCUT2D eigenvalue weighted by molar-refractivity contribution is 5.91. The van der Waals surface area contributed by atoms with Crippen LogP contribution in [0.25, 0.3) is 0 Å². The van der Waals surface area contributed by atoms with E-state index in [9.17, 15) is 9.59 Å². The SMILES string of the molecule is COc1cc(NC(=O)CC2CCCN(c3cnn(CC4CC4)c(=O)c3)C2)cc(OC)c1. The largest absolute Gasteiger partial charge is 0.497 e. The van der Waals surface area contributed by atoms with E-state index in [1.54, 1.807) is 49.4 Å². The molecule has 1 saturated heterocycles. The molecule has 166 valence electrons. The van der Waals surface area contributed by atoms with Crippen LogP contribution in [0.2, 0.25) is 0 Å². The quantitative estimate of drug-likeness (QED) is 0.699. The lowest BCUT2D eigenvalue weighted by Gasteiger charge is -2.34. The van der Waals surface area contributed by atoms with Crippen molar-refractivity contribution in [2.45, 2.75) is 38.6 Å². The number of methoxy groups -OCH3 is 2. The van der Waals surface area contributed by atoms with Crippen molar-refractivity contribution < 1.29 is 14.3 Å². The summed E-state index contributed by atoms with van der Waals surface area (Å²) in [7, 11) is 3.16. The van der Waals surface area contributed by atoms with E-state index in [1.807, 2.05) is 0 Å². The number of nitrogens with one attached hydrogen (secondary N) is 1. The van der Waals surface area contributed by atoms with Crippen molar-refractivity contribution in [1.29, 1.82) is 0 Å². The molecule has 0 spiro atoms. The molecule has 0 bridgehead atoms. The number of hydrogen-bond acceptors (Lipinski definition) is 6. The summed E-state index contributed by atoms with van der Waals surface area (Å²) in [4.78, 5) is 27.2. The molecule has 1 aromatic carbocycles. The lowest BCUT2D eigenvalue weighted by molar-refractivity contribution is -0.117. The zero-order valence-corrected chi connectivity index (χ0v) is 18.2. The minimum Gasteiger partial charge on any atom is -0.497 e. The Balaban J connectivity index is 1.36. The average molecular weight is 427 g/mol. The number of aromatic nitrogens is 2. The molecule has 1 unspecified atom stereocenters. The van der Waals surface area contributed by atoms with Crippen LogP contribution in [0.5, 0.6) is 11.5 Å². The minimum absolute atomic E-state index is 0.0415. The predicted molar refractivity (Wildman–Crippen MR) is 119 cm³/mol. The molecule has 8 heteroatoms. The second-order valence-corrected chi connectivity index (χ2v) is 8.49. The Morgan fingerprint density at radius 3 is 2.48 bits per heavy atom. The van der Waals surface area contributed by atoms with Gasteiger partial charge in [0.2, 0.25) is 5.91 Å². The summed E-state index contributed by atoms with van der Waals surface area (Å²) in [6.45, 7) is 2.33. The fraction of sp³-hybridized carbons (Fsp3) is 0.522. The molecule has 2 heterocycles. The fourth-order valence-corrected chi connectivity index (χ4v) is 4.10. The Hall–Kier alpha value is -3.03. The number of rotatable bonds is 8. The number of carbonyl (C=O) groups is 1. The molecule has 1 saturated carbocycles. The normalized spacial score (nSPS) is 18.5. The highest BCUT2D eigenvalue weighted by Crippen LogP contribution is 2.30. The first-order chi connectivity index (χ1) is 15.0. The van der Waals surface area contributed by atoms with Crippen molar-refractivity contribution in [3.8, 4) is 11.5 Å². The Morgan fingerprint density at radius 2 is 1.84 bits per heavy atom. The summed E-state index contributed by atoms with van der Waals surface area (Å²) in [6.07, 6.45) is 6.55. The van der Waals surface area contributed by atoms with Gasteiger partial charge in [0, 0.05) is 56.0 Å². The van der Waals surface area contributed by atoms with Crippen LogP contribution in [0.4, 0.5) is 11.4 Å². The van der Waals surface area contributed by atoms with Crippen molar-refractivity contribution in [1.82, 2.24) is 9.78 Å². The summed E-state index contributed by atoms with van der Waals surface area (Å²) in [6, 6.07) is 6.99. The lowest BCUT2D eigenvalue weighted by Crippen LogP contribution is -2.38. The molecule has 1 aliphatic heterocycles. The number of benzene rings is 1. The number of nitrogens with zero attached hydrogens (tertiary/aromatic N) is 3. The maximum atomic E-state index is 12.7. The van der Waals surface area contributed by atoms with Crippen LogP contribution in [0.15, 0.2) is 35.3 Å². The van der Waals surface area contributed by atoms with Crippen LogP contribution in [0, 0.1) is 11.8 Å². The standard InChI is InChI=1S/C23H30N4O4/c1-30-20-9-18(10-21(12-20)31-2)25-22(28)8-17-4-3-7-26(14-17)19-11-23(29)27(24-13-19)15-16-5-6-16/h9-13,16-17H,3-8,14-15H2,1-2H3,(H,25,28). The van der Waals surface area contributed by atoms with Crippen LogP contribution in [-0.2, 0) is 11.3 Å². The van der Waals surface area contributed by atoms with Gasteiger partial charge in [-0.05, 0) is 37.5 Å². The number of ether oxygens (including phenoxy) is 2. The maximum absolute atomic E-state index is 12.7. The predicted octanol–water partition coefficient (Wildman–Crippen LogP) is 2.92. The minimum atomic E-state index is -0.0451. The zero-order chi connectivity index (χ0) is 21.8. The van der Waals surface area contributed by atoms with Gasteiger partial charge in [0.1, 0.15) is 11.5 Å². The molecule has 2 fully saturated rings.